The Hall–Kier alpha value is -0.330. The Bertz CT molecular complexity index is 311. The van der Waals surface area contributed by atoms with Gasteiger partial charge in [0.25, 0.3) is 0 Å². The van der Waals surface area contributed by atoms with Crippen LogP contribution in [0.15, 0.2) is 0 Å². The van der Waals surface area contributed by atoms with Crippen molar-refractivity contribution in [2.24, 2.45) is 17.8 Å². The van der Waals surface area contributed by atoms with Gasteiger partial charge in [0.1, 0.15) is 0 Å². The number of nitrogens with one attached hydrogen (secondary N) is 1. The maximum absolute atomic E-state index is 12.8. The first-order valence-electron chi connectivity index (χ1n) is 6.96. The summed E-state index contributed by atoms with van der Waals surface area (Å²) >= 11 is 0. The standard InChI is InChI=1S/C13H22F3NO2/c1-7-9-3-2-4-10(12(19)13(14,15)16)11(9)5-8(6-18)17-7/h7-12,17-19H,2-6H2,1H3/t7?,8-,9?,10?,11?,12?/m1/s1. The molecular formula is C13H22F3NO2. The maximum Gasteiger partial charge on any atom is 0.414 e. The Labute approximate surface area is 111 Å². The minimum atomic E-state index is -4.55. The van der Waals surface area contributed by atoms with Crippen LogP contribution in [0.25, 0.3) is 0 Å². The summed E-state index contributed by atoms with van der Waals surface area (Å²) in [5, 5.41) is 22.1. The van der Waals surface area contributed by atoms with Gasteiger partial charge in [-0.25, -0.2) is 0 Å². The summed E-state index contributed by atoms with van der Waals surface area (Å²) in [6.07, 6.45) is -4.21. The van der Waals surface area contributed by atoms with Crippen molar-refractivity contribution in [3.8, 4) is 0 Å². The smallest absolute Gasteiger partial charge is 0.395 e. The summed E-state index contributed by atoms with van der Waals surface area (Å²) in [7, 11) is 0. The highest BCUT2D eigenvalue weighted by atomic mass is 19.4. The maximum atomic E-state index is 12.8. The van der Waals surface area contributed by atoms with Crippen molar-refractivity contribution in [3.05, 3.63) is 0 Å². The molecule has 1 heterocycles. The van der Waals surface area contributed by atoms with Crippen LogP contribution in [0.2, 0.25) is 0 Å². The molecule has 19 heavy (non-hydrogen) atoms. The molecule has 0 radical (unpaired) electrons. The number of aliphatic hydroxyl groups is 2. The zero-order valence-electron chi connectivity index (χ0n) is 11.0. The van der Waals surface area contributed by atoms with E-state index in [-0.39, 0.29) is 30.5 Å². The molecule has 0 aromatic heterocycles. The summed E-state index contributed by atoms with van der Waals surface area (Å²) in [5.41, 5.74) is 0. The van der Waals surface area contributed by atoms with Crippen LogP contribution >= 0.6 is 0 Å². The van der Waals surface area contributed by atoms with Gasteiger partial charge in [-0.3, -0.25) is 0 Å². The lowest BCUT2D eigenvalue weighted by Crippen LogP contribution is -2.56. The predicted molar refractivity (Wildman–Crippen MR) is 64.5 cm³/mol. The molecular weight excluding hydrogens is 259 g/mol. The number of piperidine rings is 1. The van der Waals surface area contributed by atoms with Crippen LogP contribution in [-0.4, -0.2) is 41.2 Å². The van der Waals surface area contributed by atoms with E-state index in [0.29, 0.717) is 12.8 Å². The fraction of sp³-hybridized carbons (Fsp3) is 1.00. The summed E-state index contributed by atoms with van der Waals surface area (Å²) in [6, 6.07) is -0.0589. The monoisotopic (exact) mass is 281 g/mol. The molecule has 1 saturated heterocycles. The number of alkyl halides is 3. The van der Waals surface area contributed by atoms with Gasteiger partial charge in [-0.15, -0.1) is 0 Å². The van der Waals surface area contributed by atoms with Crippen LogP contribution in [0, 0.1) is 17.8 Å². The van der Waals surface area contributed by atoms with Gasteiger partial charge in [-0.1, -0.05) is 6.42 Å². The Balaban J connectivity index is 2.16. The zero-order valence-corrected chi connectivity index (χ0v) is 11.0. The molecule has 3 nitrogen and oxygen atoms in total. The van der Waals surface area contributed by atoms with Gasteiger partial charge in [0, 0.05) is 12.1 Å². The van der Waals surface area contributed by atoms with Gasteiger partial charge >= 0.3 is 6.18 Å². The van der Waals surface area contributed by atoms with Crippen LogP contribution < -0.4 is 5.32 Å². The molecule has 0 aromatic carbocycles. The Morgan fingerprint density at radius 1 is 1.26 bits per heavy atom. The van der Waals surface area contributed by atoms with Gasteiger partial charge in [0.05, 0.1) is 6.61 Å². The molecule has 2 aliphatic rings. The average Bonchev–Trinajstić information content (AvgIpc) is 2.36. The lowest BCUT2D eigenvalue weighted by molar-refractivity contribution is -0.232. The van der Waals surface area contributed by atoms with Crippen molar-refractivity contribution in [2.75, 3.05) is 6.61 Å². The highest BCUT2D eigenvalue weighted by Gasteiger charge is 2.51. The minimum Gasteiger partial charge on any atom is -0.395 e. The molecule has 112 valence electrons. The average molecular weight is 281 g/mol. The van der Waals surface area contributed by atoms with Crippen LogP contribution in [0.3, 0.4) is 0 Å². The van der Waals surface area contributed by atoms with Crippen LogP contribution in [-0.2, 0) is 0 Å². The van der Waals surface area contributed by atoms with E-state index >= 15 is 0 Å². The molecule has 1 aliphatic carbocycles. The largest absolute Gasteiger partial charge is 0.414 e. The molecule has 0 spiro atoms. The number of fused-ring (bicyclic) bond motifs is 1. The SMILES string of the molecule is CC1N[C@@H](CO)CC2C1CCCC2C(O)C(F)(F)F. The Morgan fingerprint density at radius 2 is 1.95 bits per heavy atom. The van der Waals surface area contributed by atoms with Crippen molar-refractivity contribution in [1.29, 1.82) is 0 Å². The second-order valence-corrected chi connectivity index (χ2v) is 5.98. The third kappa shape index (κ3) is 3.06. The molecule has 2 fully saturated rings. The van der Waals surface area contributed by atoms with Crippen molar-refractivity contribution < 1.29 is 23.4 Å². The van der Waals surface area contributed by atoms with Crippen molar-refractivity contribution in [2.45, 2.75) is 57.0 Å². The van der Waals surface area contributed by atoms with Crippen LogP contribution in [0.5, 0.6) is 0 Å². The van der Waals surface area contributed by atoms with Crippen LogP contribution in [0.1, 0.15) is 32.6 Å². The third-order valence-corrected chi connectivity index (χ3v) is 4.83. The number of halogens is 3. The number of rotatable bonds is 2. The first-order valence-corrected chi connectivity index (χ1v) is 6.96. The van der Waals surface area contributed by atoms with E-state index in [0.717, 1.165) is 12.8 Å². The normalized spacial score (nSPS) is 41.7. The molecule has 6 atom stereocenters. The summed E-state index contributed by atoms with van der Waals surface area (Å²) in [4.78, 5) is 0. The van der Waals surface area contributed by atoms with Crippen molar-refractivity contribution in [3.63, 3.8) is 0 Å². The summed E-state index contributed by atoms with van der Waals surface area (Å²) in [5.74, 6) is -0.713. The second-order valence-electron chi connectivity index (χ2n) is 5.98. The minimum absolute atomic E-state index is 0.0671. The van der Waals surface area contributed by atoms with Gasteiger partial charge < -0.3 is 15.5 Å². The van der Waals surface area contributed by atoms with E-state index in [2.05, 4.69) is 5.32 Å². The first-order chi connectivity index (χ1) is 8.84. The Kier molecular flexibility index (Phi) is 4.42. The van der Waals surface area contributed by atoms with Crippen molar-refractivity contribution >= 4 is 0 Å². The van der Waals surface area contributed by atoms with Crippen molar-refractivity contribution in [1.82, 2.24) is 5.32 Å². The third-order valence-electron chi connectivity index (χ3n) is 4.83. The lowest BCUT2D eigenvalue weighted by Gasteiger charge is -2.49. The summed E-state index contributed by atoms with van der Waals surface area (Å²) < 4.78 is 38.3. The van der Waals surface area contributed by atoms with Gasteiger partial charge in [-0.05, 0) is 43.9 Å². The molecule has 0 bridgehead atoms. The topological polar surface area (TPSA) is 52.5 Å². The molecule has 2 rings (SSSR count). The van der Waals surface area contributed by atoms with E-state index in [1.165, 1.54) is 0 Å². The molecule has 3 N–H and O–H groups in total. The number of hydrogen-bond acceptors (Lipinski definition) is 3. The van der Waals surface area contributed by atoms with Gasteiger partial charge in [0.2, 0.25) is 0 Å². The molecule has 1 saturated carbocycles. The Morgan fingerprint density at radius 3 is 2.53 bits per heavy atom. The predicted octanol–water partition coefficient (Wildman–Crippen LogP) is 1.68. The fourth-order valence-electron chi connectivity index (χ4n) is 3.96. The van der Waals surface area contributed by atoms with E-state index in [1.807, 2.05) is 6.92 Å². The molecule has 0 aromatic rings. The fourth-order valence-corrected chi connectivity index (χ4v) is 3.96. The number of aliphatic hydroxyl groups excluding tert-OH is 2. The molecule has 0 amide bonds. The van der Waals surface area contributed by atoms with Gasteiger partial charge in [0.15, 0.2) is 6.10 Å². The second kappa shape index (κ2) is 5.58. The van der Waals surface area contributed by atoms with E-state index < -0.39 is 18.2 Å². The molecule has 1 aliphatic heterocycles. The number of hydrogen-bond donors (Lipinski definition) is 3. The first kappa shape index (κ1) is 15.1. The van der Waals surface area contributed by atoms with E-state index in [9.17, 15) is 23.4 Å². The quantitative estimate of drug-likeness (QED) is 0.722. The lowest BCUT2D eigenvalue weighted by atomic mass is 9.63. The van der Waals surface area contributed by atoms with Gasteiger partial charge in [-0.2, -0.15) is 13.2 Å². The zero-order chi connectivity index (χ0) is 14.2. The highest BCUT2D eigenvalue weighted by molar-refractivity contribution is 4.97. The molecule has 5 unspecified atom stereocenters. The molecule has 6 heteroatoms. The van der Waals surface area contributed by atoms with E-state index in [1.54, 1.807) is 0 Å². The summed E-state index contributed by atoms with van der Waals surface area (Å²) in [6.45, 7) is 1.89. The van der Waals surface area contributed by atoms with E-state index in [4.69, 9.17) is 0 Å². The van der Waals surface area contributed by atoms with Crippen LogP contribution in [0.4, 0.5) is 13.2 Å². The highest BCUT2D eigenvalue weighted by Crippen LogP contribution is 2.46.